The van der Waals surface area contributed by atoms with Gasteiger partial charge in [0.15, 0.2) is 0 Å². The Morgan fingerprint density at radius 1 is 0.889 bits per heavy atom. The van der Waals surface area contributed by atoms with Gasteiger partial charge in [-0.2, -0.15) is 0 Å². The molecule has 0 rings (SSSR count). The number of hydrogen-bond acceptors (Lipinski definition) is 1. The lowest BCUT2D eigenvalue weighted by Gasteiger charge is -1.90. The van der Waals surface area contributed by atoms with Gasteiger partial charge < -0.3 is 4.90 Å². The summed E-state index contributed by atoms with van der Waals surface area (Å²) in [6, 6.07) is 0. The molecule has 0 aromatic rings. The SMILES string of the molecule is CN(C)C.F[Si](F)(F)F. The Bertz CT molecular complexity index is 52.6. The van der Waals surface area contributed by atoms with Gasteiger partial charge in [0.2, 0.25) is 0 Å². The lowest BCUT2D eigenvalue weighted by atomic mass is 11.0. The van der Waals surface area contributed by atoms with E-state index in [1.54, 1.807) is 0 Å². The molecule has 0 aromatic heterocycles. The summed E-state index contributed by atoms with van der Waals surface area (Å²) in [6.45, 7) is 0. The van der Waals surface area contributed by atoms with Crippen molar-refractivity contribution in [3.05, 3.63) is 0 Å². The minimum absolute atomic E-state index is 2.00. The van der Waals surface area contributed by atoms with Crippen LogP contribution < -0.4 is 0 Å². The maximum atomic E-state index is 9.83. The van der Waals surface area contributed by atoms with E-state index < -0.39 is 9.41 Å². The smallest absolute Gasteiger partial charge is 0.312 e. The average Bonchev–Trinajstić information content (AvgIpc) is 1.19. The quantitative estimate of drug-likeness (QED) is 0.297. The van der Waals surface area contributed by atoms with Crippen molar-refractivity contribution < 1.29 is 16.4 Å². The minimum Gasteiger partial charge on any atom is -0.312 e. The molecule has 0 saturated heterocycles. The van der Waals surface area contributed by atoms with E-state index in [1.165, 1.54) is 0 Å². The Labute approximate surface area is 53.0 Å². The molecule has 9 heavy (non-hydrogen) atoms. The molecule has 0 unspecified atom stereocenters. The van der Waals surface area contributed by atoms with Crippen molar-refractivity contribution in [2.75, 3.05) is 21.1 Å². The van der Waals surface area contributed by atoms with Gasteiger partial charge in [-0.15, -0.1) is 0 Å². The van der Waals surface area contributed by atoms with E-state index in [4.69, 9.17) is 0 Å². The van der Waals surface area contributed by atoms with E-state index >= 15 is 0 Å². The molecule has 0 N–H and O–H groups in total. The van der Waals surface area contributed by atoms with Crippen LogP contribution in [0.4, 0.5) is 16.4 Å². The fraction of sp³-hybridized carbons (Fsp3) is 1.00. The zero-order chi connectivity index (χ0) is 8.08. The van der Waals surface area contributed by atoms with Gasteiger partial charge in [-0.1, -0.05) is 0 Å². The Hall–Kier alpha value is -0.103. The van der Waals surface area contributed by atoms with Gasteiger partial charge in [-0.3, -0.25) is 0 Å². The summed E-state index contributed by atoms with van der Waals surface area (Å²) >= 11 is 0. The van der Waals surface area contributed by atoms with Crippen molar-refractivity contribution in [2.45, 2.75) is 0 Å². The first kappa shape index (κ1) is 11.7. The van der Waals surface area contributed by atoms with E-state index in [0.717, 1.165) is 0 Å². The van der Waals surface area contributed by atoms with Crippen LogP contribution in [-0.4, -0.2) is 35.5 Å². The van der Waals surface area contributed by atoms with Crippen LogP contribution in [0, 0.1) is 0 Å². The third-order valence-corrected chi connectivity index (χ3v) is 0. The molecule has 0 amide bonds. The molecule has 0 bridgehead atoms. The van der Waals surface area contributed by atoms with Crippen LogP contribution in [-0.2, 0) is 0 Å². The molecule has 0 radical (unpaired) electrons. The average molecular weight is 163 g/mol. The number of halogens is 4. The Morgan fingerprint density at radius 2 is 0.889 bits per heavy atom. The van der Waals surface area contributed by atoms with Gasteiger partial charge in [0.05, 0.1) is 0 Å². The molecule has 0 fully saturated rings. The number of hydrogen-bond donors (Lipinski definition) is 0. The summed E-state index contributed by atoms with van der Waals surface area (Å²) in [5.74, 6) is 0. The fourth-order valence-electron chi connectivity index (χ4n) is 0. The van der Waals surface area contributed by atoms with E-state index in [0.29, 0.717) is 0 Å². The Kier molecular flexibility index (Phi) is 6.15. The maximum Gasteiger partial charge on any atom is 0.844 e. The second-order valence-corrected chi connectivity index (χ2v) is 2.63. The number of rotatable bonds is 0. The van der Waals surface area contributed by atoms with Gasteiger partial charge in [-0.25, -0.2) is 16.4 Å². The molecule has 1 nitrogen and oxygen atoms in total. The van der Waals surface area contributed by atoms with Crippen molar-refractivity contribution >= 4 is 9.41 Å². The van der Waals surface area contributed by atoms with E-state index in [1.807, 2.05) is 26.0 Å². The van der Waals surface area contributed by atoms with E-state index in [-0.39, 0.29) is 0 Å². The molecular formula is C3H9F4NSi. The van der Waals surface area contributed by atoms with Crippen molar-refractivity contribution in [1.82, 2.24) is 4.90 Å². The Morgan fingerprint density at radius 3 is 0.889 bits per heavy atom. The van der Waals surface area contributed by atoms with Crippen molar-refractivity contribution in [3.63, 3.8) is 0 Å². The number of nitrogens with zero attached hydrogens (tertiary/aromatic N) is 1. The minimum atomic E-state index is -6.61. The normalized spacial score (nSPS) is 10.7. The van der Waals surface area contributed by atoms with Crippen molar-refractivity contribution in [1.29, 1.82) is 0 Å². The molecule has 0 heterocycles. The first-order valence-corrected chi connectivity index (χ1v) is 3.61. The zero-order valence-electron chi connectivity index (χ0n) is 5.46. The van der Waals surface area contributed by atoms with Crippen LogP contribution in [0.3, 0.4) is 0 Å². The highest BCUT2D eigenvalue weighted by atomic mass is 28.5. The third-order valence-electron chi connectivity index (χ3n) is 0. The first-order chi connectivity index (χ1) is 3.73. The van der Waals surface area contributed by atoms with E-state index in [9.17, 15) is 16.4 Å². The second kappa shape index (κ2) is 4.75. The zero-order valence-corrected chi connectivity index (χ0v) is 6.46. The molecule has 0 saturated carbocycles. The summed E-state index contributed by atoms with van der Waals surface area (Å²) in [5, 5.41) is 0. The van der Waals surface area contributed by atoms with Gasteiger partial charge in [0, 0.05) is 0 Å². The summed E-state index contributed by atoms with van der Waals surface area (Å²) in [6.07, 6.45) is 0. The third kappa shape index (κ3) is 25800. The molecule has 0 aliphatic carbocycles. The summed E-state index contributed by atoms with van der Waals surface area (Å²) in [5.41, 5.74) is 0. The van der Waals surface area contributed by atoms with Crippen LogP contribution in [0.5, 0.6) is 0 Å². The highest BCUT2D eigenvalue weighted by Gasteiger charge is 2.39. The molecule has 6 heteroatoms. The van der Waals surface area contributed by atoms with Crippen LogP contribution in [0.2, 0.25) is 0 Å². The largest absolute Gasteiger partial charge is 0.844 e. The van der Waals surface area contributed by atoms with Gasteiger partial charge in [0.1, 0.15) is 0 Å². The molecule has 58 valence electrons. The van der Waals surface area contributed by atoms with Crippen LogP contribution in [0.25, 0.3) is 0 Å². The fourth-order valence-corrected chi connectivity index (χ4v) is 0. The lowest BCUT2D eigenvalue weighted by Crippen LogP contribution is -2.02. The summed E-state index contributed by atoms with van der Waals surface area (Å²) in [7, 11) is -0.611. The summed E-state index contributed by atoms with van der Waals surface area (Å²) in [4.78, 5) is 2.00. The predicted octanol–water partition coefficient (Wildman–Crippen LogP) is 1.48. The van der Waals surface area contributed by atoms with Gasteiger partial charge >= 0.3 is 9.41 Å². The highest BCUT2D eigenvalue weighted by Crippen LogP contribution is 2.06. The second-order valence-electron chi connectivity index (χ2n) is 1.77. The topological polar surface area (TPSA) is 3.24 Å². The maximum absolute atomic E-state index is 9.83. The van der Waals surface area contributed by atoms with Gasteiger partial charge in [-0.05, 0) is 21.1 Å². The molecule has 0 aromatic carbocycles. The first-order valence-electron chi connectivity index (χ1n) is 2.10. The molecule has 0 atom stereocenters. The highest BCUT2D eigenvalue weighted by molar-refractivity contribution is 6.50. The standard InChI is InChI=1S/C3H9N.F4Si/c1-4(2)3;1-5(2,3)4/h1-3H3;. The molecular weight excluding hydrogens is 154 g/mol. The van der Waals surface area contributed by atoms with Crippen LogP contribution in [0.1, 0.15) is 0 Å². The van der Waals surface area contributed by atoms with E-state index in [2.05, 4.69) is 0 Å². The van der Waals surface area contributed by atoms with Crippen LogP contribution >= 0.6 is 0 Å². The lowest BCUT2D eigenvalue weighted by molar-refractivity contribution is 0.368. The monoisotopic (exact) mass is 163 g/mol. The van der Waals surface area contributed by atoms with Crippen molar-refractivity contribution in [2.24, 2.45) is 0 Å². The summed E-state index contributed by atoms with van der Waals surface area (Å²) < 4.78 is 39.3. The molecule has 0 aliphatic rings. The van der Waals surface area contributed by atoms with Crippen molar-refractivity contribution in [3.8, 4) is 0 Å². The predicted molar refractivity (Wildman–Crippen MR) is 29.8 cm³/mol. The van der Waals surface area contributed by atoms with Gasteiger partial charge in [0.25, 0.3) is 0 Å². The Balaban J connectivity index is 0. The molecule has 0 spiro atoms. The molecule has 0 aliphatic heterocycles. The van der Waals surface area contributed by atoms with Crippen LogP contribution in [0.15, 0.2) is 0 Å².